The molecule has 7 heteroatoms. The van der Waals surface area contributed by atoms with E-state index in [4.69, 9.17) is 4.42 Å². The predicted octanol–water partition coefficient (Wildman–Crippen LogP) is 3.01. The Bertz CT molecular complexity index is 583. The van der Waals surface area contributed by atoms with Gasteiger partial charge in [-0.05, 0) is 34.7 Å². The molecule has 1 aliphatic rings. The monoisotopic (exact) mass is 378 g/mol. The van der Waals surface area contributed by atoms with Crippen LogP contribution in [0.1, 0.15) is 45.8 Å². The summed E-state index contributed by atoms with van der Waals surface area (Å²) >= 11 is 3.20. The predicted molar refractivity (Wildman–Crippen MR) is 85.5 cm³/mol. The van der Waals surface area contributed by atoms with Crippen LogP contribution < -0.4 is 10.0 Å². The molecule has 1 fully saturated rings. The minimum absolute atomic E-state index is 0.0778. The van der Waals surface area contributed by atoms with Crippen LogP contribution in [0.5, 0.6) is 0 Å². The Morgan fingerprint density at radius 1 is 1.48 bits per heavy atom. The molecule has 2 rings (SSSR count). The summed E-state index contributed by atoms with van der Waals surface area (Å²) in [4.78, 5) is 0.185. The van der Waals surface area contributed by atoms with Crippen LogP contribution in [0.4, 0.5) is 0 Å². The number of hydrogen-bond acceptors (Lipinski definition) is 4. The second kappa shape index (κ2) is 6.81. The van der Waals surface area contributed by atoms with Crippen molar-refractivity contribution in [3.63, 3.8) is 0 Å². The van der Waals surface area contributed by atoms with Crippen molar-refractivity contribution >= 4 is 26.0 Å². The minimum atomic E-state index is -3.52. The van der Waals surface area contributed by atoms with Gasteiger partial charge in [-0.15, -0.1) is 0 Å². The molecule has 0 bridgehead atoms. The van der Waals surface area contributed by atoms with Gasteiger partial charge >= 0.3 is 0 Å². The van der Waals surface area contributed by atoms with Gasteiger partial charge in [-0.1, -0.05) is 27.2 Å². The molecule has 1 heterocycles. The lowest BCUT2D eigenvalue weighted by Gasteiger charge is -2.04. The molecule has 2 N–H and O–H groups in total. The van der Waals surface area contributed by atoms with Crippen LogP contribution in [0, 0.1) is 5.92 Å². The highest BCUT2D eigenvalue weighted by Crippen LogP contribution is 2.36. The van der Waals surface area contributed by atoms with Crippen LogP contribution in [-0.2, 0) is 16.6 Å². The SMILES string of the molecule is CCCC1CC1NS(=O)(=O)c1cc(CNC(C)C)oc1Br. The van der Waals surface area contributed by atoms with Crippen molar-refractivity contribution in [1.82, 2.24) is 10.0 Å². The molecule has 120 valence electrons. The fourth-order valence-corrected chi connectivity index (χ4v) is 4.63. The quantitative estimate of drug-likeness (QED) is 0.729. The summed E-state index contributed by atoms with van der Waals surface area (Å²) in [5.74, 6) is 1.09. The Hall–Kier alpha value is -0.370. The molecular formula is C14H23BrN2O3S. The summed E-state index contributed by atoms with van der Waals surface area (Å²) in [6, 6.07) is 1.97. The van der Waals surface area contributed by atoms with Crippen LogP contribution in [-0.4, -0.2) is 20.5 Å². The number of furan rings is 1. The third-order valence-corrected chi connectivity index (χ3v) is 5.92. The number of sulfonamides is 1. The van der Waals surface area contributed by atoms with Gasteiger partial charge in [0.1, 0.15) is 10.7 Å². The van der Waals surface area contributed by atoms with Gasteiger partial charge in [0.15, 0.2) is 4.67 Å². The number of halogens is 1. The molecule has 0 radical (unpaired) electrons. The Labute approximate surface area is 135 Å². The molecule has 2 atom stereocenters. The van der Waals surface area contributed by atoms with Crippen molar-refractivity contribution in [2.75, 3.05) is 0 Å². The first kappa shape index (κ1) is 17.0. The molecule has 1 aromatic rings. The lowest BCUT2D eigenvalue weighted by atomic mass is 10.2. The zero-order valence-corrected chi connectivity index (χ0v) is 15.1. The van der Waals surface area contributed by atoms with Crippen molar-refractivity contribution in [2.24, 2.45) is 5.92 Å². The average molecular weight is 379 g/mol. The van der Waals surface area contributed by atoms with E-state index in [1.54, 1.807) is 6.07 Å². The van der Waals surface area contributed by atoms with Crippen molar-refractivity contribution in [3.8, 4) is 0 Å². The smallest absolute Gasteiger partial charge is 0.245 e. The fourth-order valence-electron chi connectivity index (χ4n) is 2.32. The fraction of sp³-hybridized carbons (Fsp3) is 0.714. The Morgan fingerprint density at radius 3 is 2.81 bits per heavy atom. The Morgan fingerprint density at radius 2 is 2.19 bits per heavy atom. The molecule has 0 amide bonds. The largest absolute Gasteiger partial charge is 0.452 e. The van der Waals surface area contributed by atoms with Crippen molar-refractivity contribution < 1.29 is 12.8 Å². The second-order valence-electron chi connectivity index (χ2n) is 5.90. The second-order valence-corrected chi connectivity index (χ2v) is 8.30. The zero-order valence-electron chi connectivity index (χ0n) is 12.6. The molecule has 1 saturated carbocycles. The highest BCUT2D eigenvalue weighted by atomic mass is 79.9. The van der Waals surface area contributed by atoms with E-state index in [9.17, 15) is 8.42 Å². The first-order valence-corrected chi connectivity index (χ1v) is 9.65. The van der Waals surface area contributed by atoms with Gasteiger partial charge in [0.05, 0.1) is 6.54 Å². The first-order chi connectivity index (χ1) is 9.83. The van der Waals surface area contributed by atoms with Crippen LogP contribution in [0.3, 0.4) is 0 Å². The summed E-state index contributed by atoms with van der Waals surface area (Å²) in [6.45, 7) is 6.68. The maximum absolute atomic E-state index is 12.4. The van der Waals surface area contributed by atoms with Gasteiger partial charge in [0.25, 0.3) is 0 Å². The Kier molecular flexibility index (Phi) is 5.51. The normalized spacial score (nSPS) is 22.0. The first-order valence-electron chi connectivity index (χ1n) is 7.37. The standard InChI is InChI=1S/C14H23BrN2O3S/c1-4-5-10-6-12(10)17-21(18,19)13-7-11(20-14(13)15)8-16-9(2)3/h7,9-10,12,16-17H,4-6,8H2,1-3H3. The summed E-state index contributed by atoms with van der Waals surface area (Å²) < 4.78 is 33.3. The summed E-state index contributed by atoms with van der Waals surface area (Å²) in [7, 11) is -3.52. The molecule has 0 aliphatic heterocycles. The van der Waals surface area contributed by atoms with E-state index < -0.39 is 10.0 Å². The third-order valence-electron chi connectivity index (χ3n) is 3.57. The summed E-state index contributed by atoms with van der Waals surface area (Å²) in [5, 5.41) is 3.20. The number of rotatable bonds is 8. The van der Waals surface area contributed by atoms with E-state index in [0.717, 1.165) is 19.3 Å². The van der Waals surface area contributed by atoms with E-state index in [1.807, 2.05) is 13.8 Å². The molecule has 1 aromatic heterocycles. The lowest BCUT2D eigenvalue weighted by Crippen LogP contribution is -2.27. The molecule has 21 heavy (non-hydrogen) atoms. The van der Waals surface area contributed by atoms with Gasteiger partial charge in [-0.3, -0.25) is 0 Å². The van der Waals surface area contributed by atoms with E-state index in [0.29, 0.717) is 24.3 Å². The van der Waals surface area contributed by atoms with Crippen LogP contribution in [0.15, 0.2) is 20.0 Å². The van der Waals surface area contributed by atoms with Gasteiger partial charge in [0.2, 0.25) is 10.0 Å². The summed E-state index contributed by atoms with van der Waals surface area (Å²) in [6.07, 6.45) is 3.09. The van der Waals surface area contributed by atoms with E-state index >= 15 is 0 Å². The molecular weight excluding hydrogens is 356 g/mol. The maximum atomic E-state index is 12.4. The Balaban J connectivity index is 2.03. The van der Waals surface area contributed by atoms with Crippen molar-refractivity contribution in [1.29, 1.82) is 0 Å². The topological polar surface area (TPSA) is 71.3 Å². The van der Waals surface area contributed by atoms with Crippen LogP contribution in [0.25, 0.3) is 0 Å². The lowest BCUT2D eigenvalue weighted by molar-refractivity contribution is 0.447. The van der Waals surface area contributed by atoms with E-state index in [1.165, 1.54) is 0 Å². The highest BCUT2D eigenvalue weighted by molar-refractivity contribution is 9.10. The molecule has 0 aromatic carbocycles. The van der Waals surface area contributed by atoms with Gasteiger partial charge in [-0.2, -0.15) is 0 Å². The number of nitrogens with one attached hydrogen (secondary N) is 2. The van der Waals surface area contributed by atoms with E-state index in [2.05, 4.69) is 32.9 Å². The highest BCUT2D eigenvalue weighted by Gasteiger charge is 2.40. The van der Waals surface area contributed by atoms with Crippen molar-refractivity contribution in [3.05, 3.63) is 16.5 Å². The van der Waals surface area contributed by atoms with Gasteiger partial charge in [-0.25, -0.2) is 13.1 Å². The van der Waals surface area contributed by atoms with Crippen LogP contribution >= 0.6 is 15.9 Å². The van der Waals surface area contributed by atoms with Crippen LogP contribution in [0.2, 0.25) is 0 Å². The van der Waals surface area contributed by atoms with Gasteiger partial charge in [0, 0.05) is 18.2 Å². The summed E-state index contributed by atoms with van der Waals surface area (Å²) in [5.41, 5.74) is 0. The molecule has 2 unspecified atom stereocenters. The molecule has 1 aliphatic carbocycles. The van der Waals surface area contributed by atoms with Gasteiger partial charge < -0.3 is 9.73 Å². The molecule has 0 spiro atoms. The maximum Gasteiger partial charge on any atom is 0.245 e. The van der Waals surface area contributed by atoms with Crippen molar-refractivity contribution in [2.45, 2.75) is 63.6 Å². The molecule has 5 nitrogen and oxygen atoms in total. The zero-order chi connectivity index (χ0) is 15.6. The molecule has 0 saturated heterocycles. The third kappa shape index (κ3) is 4.55. The van der Waals surface area contributed by atoms with E-state index in [-0.39, 0.29) is 15.6 Å². The average Bonchev–Trinajstić information content (AvgIpc) is 2.96. The number of hydrogen-bond donors (Lipinski definition) is 2. The minimum Gasteiger partial charge on any atom is -0.452 e.